The van der Waals surface area contributed by atoms with Crippen molar-refractivity contribution >= 4 is 45.9 Å². The molecule has 3 heterocycles. The SMILES string of the molecule is COc1cc(N2C(=S)N[C@H](c3ccccn3)[C@@H]2c2ccc(C)s2)ccc1NC(=O)C(C)(C)C. The number of carbonyl (C=O) groups excluding carboxylic acids is 1. The Balaban J connectivity index is 1.74. The molecular weight excluding hydrogens is 452 g/mol. The second kappa shape index (κ2) is 9.11. The van der Waals surface area contributed by atoms with E-state index in [2.05, 4.69) is 39.6 Å². The van der Waals surface area contributed by atoms with Gasteiger partial charge in [-0.3, -0.25) is 9.78 Å². The van der Waals surface area contributed by atoms with Gasteiger partial charge in [-0.2, -0.15) is 0 Å². The number of amides is 1. The number of pyridine rings is 1. The summed E-state index contributed by atoms with van der Waals surface area (Å²) in [5, 5.41) is 7.06. The largest absolute Gasteiger partial charge is 0.494 e. The van der Waals surface area contributed by atoms with E-state index < -0.39 is 5.41 Å². The minimum atomic E-state index is -0.512. The van der Waals surface area contributed by atoms with Gasteiger partial charge in [0.15, 0.2) is 5.11 Å². The van der Waals surface area contributed by atoms with Crippen molar-refractivity contribution < 1.29 is 9.53 Å². The zero-order valence-electron chi connectivity index (χ0n) is 19.4. The Bertz CT molecular complexity index is 1170. The summed E-state index contributed by atoms with van der Waals surface area (Å²) in [6.07, 6.45) is 1.80. The summed E-state index contributed by atoms with van der Waals surface area (Å²) in [7, 11) is 1.60. The Hall–Kier alpha value is -2.97. The summed E-state index contributed by atoms with van der Waals surface area (Å²) in [6.45, 7) is 7.74. The minimum absolute atomic E-state index is 0.0641. The van der Waals surface area contributed by atoms with E-state index in [9.17, 15) is 4.79 Å². The number of nitrogens with zero attached hydrogens (tertiary/aromatic N) is 2. The average Bonchev–Trinajstić information content (AvgIpc) is 3.36. The van der Waals surface area contributed by atoms with Gasteiger partial charge in [-0.1, -0.05) is 26.8 Å². The van der Waals surface area contributed by atoms with Crippen LogP contribution in [0, 0.1) is 12.3 Å². The molecule has 6 nitrogen and oxygen atoms in total. The third-order valence-corrected chi connectivity index (χ3v) is 6.93. The molecule has 1 aliphatic rings. The summed E-state index contributed by atoms with van der Waals surface area (Å²) >= 11 is 7.55. The first-order chi connectivity index (χ1) is 15.7. The Labute approximate surface area is 204 Å². The number of ether oxygens (including phenoxy) is 1. The van der Waals surface area contributed by atoms with E-state index >= 15 is 0 Å². The number of aromatic nitrogens is 1. The number of methoxy groups -OCH3 is 1. The Morgan fingerprint density at radius 2 is 2.00 bits per heavy atom. The van der Waals surface area contributed by atoms with Crippen molar-refractivity contribution in [2.75, 3.05) is 17.3 Å². The molecule has 1 aliphatic heterocycles. The van der Waals surface area contributed by atoms with Gasteiger partial charge in [0.05, 0.1) is 30.6 Å². The van der Waals surface area contributed by atoms with Gasteiger partial charge in [0, 0.05) is 33.1 Å². The molecule has 33 heavy (non-hydrogen) atoms. The van der Waals surface area contributed by atoms with E-state index in [-0.39, 0.29) is 18.0 Å². The predicted octanol–water partition coefficient (Wildman–Crippen LogP) is 5.62. The molecule has 172 valence electrons. The number of benzene rings is 1. The van der Waals surface area contributed by atoms with Crippen LogP contribution in [0.1, 0.15) is 48.3 Å². The first kappa shape index (κ1) is 23.2. The molecule has 3 aromatic rings. The fourth-order valence-corrected chi connectivity index (χ4v) is 5.13. The lowest BCUT2D eigenvalue weighted by Gasteiger charge is -2.28. The number of thiocarbonyl (C=S) groups is 1. The maximum absolute atomic E-state index is 12.5. The van der Waals surface area contributed by atoms with E-state index in [1.54, 1.807) is 24.6 Å². The smallest absolute Gasteiger partial charge is 0.229 e. The van der Waals surface area contributed by atoms with E-state index in [0.717, 1.165) is 11.4 Å². The molecule has 1 saturated heterocycles. The molecule has 1 aromatic carbocycles. The third kappa shape index (κ3) is 4.72. The fourth-order valence-electron chi connectivity index (χ4n) is 3.78. The van der Waals surface area contributed by atoms with Gasteiger partial charge in [-0.15, -0.1) is 11.3 Å². The van der Waals surface area contributed by atoms with Crippen LogP contribution in [-0.4, -0.2) is 23.1 Å². The lowest BCUT2D eigenvalue weighted by Crippen LogP contribution is -2.29. The number of thiophene rings is 1. The normalized spacial score (nSPS) is 18.2. The summed E-state index contributed by atoms with van der Waals surface area (Å²) in [6, 6.07) is 15.8. The molecule has 0 spiro atoms. The Morgan fingerprint density at radius 1 is 1.21 bits per heavy atom. The Kier molecular flexibility index (Phi) is 6.41. The highest BCUT2D eigenvalue weighted by atomic mass is 32.1. The van der Waals surface area contributed by atoms with Crippen LogP contribution in [0.3, 0.4) is 0 Å². The number of nitrogens with one attached hydrogen (secondary N) is 2. The van der Waals surface area contributed by atoms with Crippen molar-refractivity contribution in [3.8, 4) is 5.75 Å². The van der Waals surface area contributed by atoms with Crippen LogP contribution in [-0.2, 0) is 4.79 Å². The average molecular weight is 481 g/mol. The van der Waals surface area contributed by atoms with Gasteiger partial charge in [0.1, 0.15) is 5.75 Å². The second-order valence-corrected chi connectivity index (χ2v) is 10.7. The highest BCUT2D eigenvalue weighted by molar-refractivity contribution is 7.80. The quantitative estimate of drug-likeness (QED) is 0.462. The molecule has 1 fully saturated rings. The van der Waals surface area contributed by atoms with Crippen LogP contribution < -0.4 is 20.3 Å². The molecular formula is C25H28N4O2S2. The van der Waals surface area contributed by atoms with Crippen molar-refractivity contribution in [2.45, 2.75) is 39.8 Å². The van der Waals surface area contributed by atoms with Crippen molar-refractivity contribution in [3.63, 3.8) is 0 Å². The van der Waals surface area contributed by atoms with E-state index in [1.165, 1.54) is 9.75 Å². The number of anilines is 2. The molecule has 0 radical (unpaired) electrons. The summed E-state index contributed by atoms with van der Waals surface area (Å²) < 4.78 is 5.64. The number of aryl methyl sites for hydroxylation is 1. The van der Waals surface area contributed by atoms with Crippen LogP contribution >= 0.6 is 23.6 Å². The summed E-state index contributed by atoms with van der Waals surface area (Å²) in [5.74, 6) is 0.504. The van der Waals surface area contributed by atoms with Crippen molar-refractivity contribution in [3.05, 3.63) is 70.2 Å². The fraction of sp³-hybridized carbons (Fsp3) is 0.320. The number of carbonyl (C=O) groups is 1. The number of hydrogen-bond acceptors (Lipinski definition) is 5. The molecule has 0 saturated carbocycles. The monoisotopic (exact) mass is 480 g/mol. The van der Waals surface area contributed by atoms with Crippen LogP contribution in [0.25, 0.3) is 0 Å². The standard InChI is InChI=1S/C25H28N4O2S2/c1-15-9-12-20(33-15)22-21(18-8-6-7-13-26-18)28-24(32)29(22)16-10-11-17(19(14-16)31-5)27-23(30)25(2,3)4/h6-14,21-22H,1-5H3,(H,27,30)(H,28,32)/t21-,22+/m1/s1. The van der Waals surface area contributed by atoms with Crippen molar-refractivity contribution in [2.24, 2.45) is 5.41 Å². The number of hydrogen-bond donors (Lipinski definition) is 2. The van der Waals surface area contributed by atoms with Crippen LogP contribution in [0.5, 0.6) is 5.75 Å². The van der Waals surface area contributed by atoms with Gasteiger partial charge in [-0.25, -0.2) is 0 Å². The molecule has 8 heteroatoms. The highest BCUT2D eigenvalue weighted by Gasteiger charge is 2.41. The highest BCUT2D eigenvalue weighted by Crippen LogP contribution is 2.45. The topological polar surface area (TPSA) is 66.5 Å². The zero-order chi connectivity index (χ0) is 23.8. The van der Waals surface area contributed by atoms with Crippen molar-refractivity contribution in [1.29, 1.82) is 0 Å². The van der Waals surface area contributed by atoms with Gasteiger partial charge in [0.2, 0.25) is 5.91 Å². The van der Waals surface area contributed by atoms with Gasteiger partial charge in [0.25, 0.3) is 0 Å². The van der Waals surface area contributed by atoms with Crippen LogP contribution in [0.15, 0.2) is 54.7 Å². The van der Waals surface area contributed by atoms with Crippen LogP contribution in [0.2, 0.25) is 0 Å². The molecule has 0 aliphatic carbocycles. The van der Waals surface area contributed by atoms with Crippen LogP contribution in [0.4, 0.5) is 11.4 Å². The van der Waals surface area contributed by atoms with Gasteiger partial charge >= 0.3 is 0 Å². The molecule has 2 aromatic heterocycles. The molecule has 0 unspecified atom stereocenters. The zero-order valence-corrected chi connectivity index (χ0v) is 21.0. The first-order valence-corrected chi connectivity index (χ1v) is 12.0. The van der Waals surface area contributed by atoms with E-state index in [1.807, 2.05) is 57.2 Å². The predicted molar refractivity (Wildman–Crippen MR) is 138 cm³/mol. The maximum atomic E-state index is 12.5. The molecule has 4 rings (SSSR count). The maximum Gasteiger partial charge on any atom is 0.229 e. The third-order valence-electron chi connectivity index (χ3n) is 5.54. The molecule has 2 N–H and O–H groups in total. The number of rotatable bonds is 5. The van der Waals surface area contributed by atoms with Gasteiger partial charge < -0.3 is 20.3 Å². The van der Waals surface area contributed by atoms with E-state index in [4.69, 9.17) is 17.0 Å². The second-order valence-electron chi connectivity index (χ2n) is 9.03. The Morgan fingerprint density at radius 3 is 2.61 bits per heavy atom. The molecule has 0 bridgehead atoms. The van der Waals surface area contributed by atoms with E-state index in [0.29, 0.717) is 16.5 Å². The first-order valence-electron chi connectivity index (χ1n) is 10.8. The molecule has 1 amide bonds. The lowest BCUT2D eigenvalue weighted by atomic mass is 9.95. The van der Waals surface area contributed by atoms with Crippen molar-refractivity contribution in [1.82, 2.24) is 10.3 Å². The molecule has 2 atom stereocenters. The summed E-state index contributed by atoms with van der Waals surface area (Å²) in [4.78, 5) is 21.7. The lowest BCUT2D eigenvalue weighted by molar-refractivity contribution is -0.123. The summed E-state index contributed by atoms with van der Waals surface area (Å²) in [5.41, 5.74) is 1.93. The minimum Gasteiger partial charge on any atom is -0.494 e. The van der Waals surface area contributed by atoms with Gasteiger partial charge in [-0.05, 0) is 55.5 Å².